The van der Waals surface area contributed by atoms with Gasteiger partial charge < -0.3 is 14.5 Å². The van der Waals surface area contributed by atoms with Gasteiger partial charge in [0.15, 0.2) is 12.4 Å². The normalized spacial score (nSPS) is 16.1. The molecule has 0 spiro atoms. The molecule has 5 heteroatoms. The van der Waals surface area contributed by atoms with E-state index in [4.69, 9.17) is 4.74 Å². The average molecular weight is 318 g/mol. The molecule has 23 heavy (non-hydrogen) atoms. The number of likely N-dealkylation sites (tertiary alicyclic amines) is 1. The third kappa shape index (κ3) is 4.79. The van der Waals surface area contributed by atoms with E-state index in [9.17, 15) is 9.59 Å². The molecule has 1 amide bonds. The summed E-state index contributed by atoms with van der Waals surface area (Å²) in [4.78, 5) is 27.7. The van der Waals surface area contributed by atoms with Crippen LogP contribution >= 0.6 is 0 Å². The third-order valence-electron chi connectivity index (χ3n) is 4.57. The van der Waals surface area contributed by atoms with Crippen molar-refractivity contribution < 1.29 is 14.3 Å². The van der Waals surface area contributed by atoms with Crippen molar-refractivity contribution in [1.29, 1.82) is 0 Å². The maximum atomic E-state index is 12.3. The summed E-state index contributed by atoms with van der Waals surface area (Å²) >= 11 is 0. The minimum Gasteiger partial charge on any atom is -0.484 e. The van der Waals surface area contributed by atoms with E-state index in [0.717, 1.165) is 32.5 Å². The highest BCUT2D eigenvalue weighted by Gasteiger charge is 2.24. The molecule has 1 aliphatic heterocycles. The van der Waals surface area contributed by atoms with Crippen molar-refractivity contribution in [3.63, 3.8) is 0 Å². The second-order valence-electron chi connectivity index (χ2n) is 6.04. The Balaban J connectivity index is 1.81. The fraction of sp³-hybridized carbons (Fsp3) is 0.556. The number of nitrogens with zero attached hydrogens (tertiary/aromatic N) is 2. The van der Waals surface area contributed by atoms with Crippen molar-refractivity contribution >= 4 is 11.7 Å². The lowest BCUT2D eigenvalue weighted by atomic mass is 10.0. The van der Waals surface area contributed by atoms with E-state index < -0.39 is 0 Å². The molecule has 0 unspecified atom stereocenters. The quantitative estimate of drug-likeness (QED) is 0.755. The maximum Gasteiger partial charge on any atom is 0.260 e. The topological polar surface area (TPSA) is 49.9 Å². The van der Waals surface area contributed by atoms with Crippen LogP contribution in [0.15, 0.2) is 24.3 Å². The van der Waals surface area contributed by atoms with Crippen LogP contribution in [-0.2, 0) is 4.79 Å². The number of piperidine rings is 1. The number of likely N-dealkylation sites (N-methyl/N-ethyl adjacent to an activating group) is 1. The summed E-state index contributed by atoms with van der Waals surface area (Å²) in [7, 11) is 1.86. The summed E-state index contributed by atoms with van der Waals surface area (Å²) in [6, 6.07) is 7.18. The number of ether oxygens (including phenoxy) is 1. The Hall–Kier alpha value is -1.88. The molecule has 2 rings (SSSR count). The lowest BCUT2D eigenvalue weighted by Gasteiger charge is -2.36. The van der Waals surface area contributed by atoms with Crippen LogP contribution in [0.4, 0.5) is 0 Å². The van der Waals surface area contributed by atoms with Gasteiger partial charge in [0, 0.05) is 31.7 Å². The molecule has 0 bridgehead atoms. The Bertz CT molecular complexity index is 534. The molecule has 5 nitrogen and oxygen atoms in total. The molecule has 0 aliphatic carbocycles. The molecule has 1 heterocycles. The van der Waals surface area contributed by atoms with Crippen LogP contribution in [0.1, 0.15) is 37.0 Å². The summed E-state index contributed by atoms with van der Waals surface area (Å²) in [5, 5.41) is 0. The molecule has 1 aromatic carbocycles. The van der Waals surface area contributed by atoms with Gasteiger partial charge in [-0.2, -0.15) is 0 Å². The van der Waals surface area contributed by atoms with E-state index >= 15 is 0 Å². The number of rotatable bonds is 6. The van der Waals surface area contributed by atoms with Gasteiger partial charge in [-0.3, -0.25) is 9.59 Å². The molecule has 1 saturated heterocycles. The Morgan fingerprint density at radius 1 is 1.22 bits per heavy atom. The molecule has 0 saturated carbocycles. The number of benzene rings is 1. The maximum absolute atomic E-state index is 12.3. The molecule has 0 atom stereocenters. The van der Waals surface area contributed by atoms with Crippen LogP contribution in [0.3, 0.4) is 0 Å². The highest BCUT2D eigenvalue weighted by atomic mass is 16.5. The van der Waals surface area contributed by atoms with Crippen molar-refractivity contribution in [3.05, 3.63) is 29.8 Å². The second kappa shape index (κ2) is 8.11. The zero-order valence-corrected chi connectivity index (χ0v) is 14.2. The van der Waals surface area contributed by atoms with Crippen LogP contribution in [0, 0.1) is 0 Å². The molecular formula is C18H26N2O3. The Morgan fingerprint density at radius 3 is 2.35 bits per heavy atom. The molecule has 1 aromatic rings. The summed E-state index contributed by atoms with van der Waals surface area (Å²) in [5.41, 5.74) is 0.642. The number of amides is 1. The lowest BCUT2D eigenvalue weighted by molar-refractivity contribution is -0.135. The lowest BCUT2D eigenvalue weighted by Crippen LogP contribution is -2.46. The van der Waals surface area contributed by atoms with Crippen LogP contribution < -0.4 is 4.74 Å². The van der Waals surface area contributed by atoms with Crippen LogP contribution in [0.2, 0.25) is 0 Å². The van der Waals surface area contributed by atoms with E-state index in [1.165, 1.54) is 6.92 Å². The van der Waals surface area contributed by atoms with Gasteiger partial charge in [0.25, 0.3) is 5.91 Å². The van der Waals surface area contributed by atoms with Crippen LogP contribution in [0.25, 0.3) is 0 Å². The number of carbonyl (C=O) groups is 2. The summed E-state index contributed by atoms with van der Waals surface area (Å²) in [6.07, 6.45) is 2.03. The zero-order chi connectivity index (χ0) is 16.8. The van der Waals surface area contributed by atoms with E-state index in [1.54, 1.807) is 24.3 Å². The van der Waals surface area contributed by atoms with Gasteiger partial charge in [-0.05, 0) is 50.6 Å². The molecular weight excluding hydrogens is 292 g/mol. The van der Waals surface area contributed by atoms with E-state index in [-0.39, 0.29) is 18.3 Å². The average Bonchev–Trinajstić information content (AvgIpc) is 2.59. The van der Waals surface area contributed by atoms with Gasteiger partial charge in [-0.15, -0.1) is 0 Å². The van der Waals surface area contributed by atoms with Gasteiger partial charge in [0.2, 0.25) is 0 Å². The van der Waals surface area contributed by atoms with Crippen molar-refractivity contribution in [2.45, 2.75) is 32.7 Å². The predicted molar refractivity (Wildman–Crippen MR) is 89.8 cm³/mol. The van der Waals surface area contributed by atoms with Crippen LogP contribution in [0.5, 0.6) is 5.75 Å². The molecule has 1 fully saturated rings. The minimum absolute atomic E-state index is 0.00408. The number of hydrogen-bond donors (Lipinski definition) is 0. The van der Waals surface area contributed by atoms with Gasteiger partial charge in [0.1, 0.15) is 5.75 Å². The first-order chi connectivity index (χ1) is 11.0. The number of ketones is 1. The standard InChI is InChI=1S/C18H26N2O3/c1-4-20-11-9-16(10-12-20)19(3)18(22)13-23-17-7-5-15(6-8-17)14(2)21/h5-8,16H,4,9-13H2,1-3H3. The zero-order valence-electron chi connectivity index (χ0n) is 14.2. The molecule has 126 valence electrons. The fourth-order valence-corrected chi connectivity index (χ4v) is 2.86. The Kier molecular flexibility index (Phi) is 6.16. The second-order valence-corrected chi connectivity index (χ2v) is 6.04. The first-order valence-corrected chi connectivity index (χ1v) is 8.23. The Labute approximate surface area is 138 Å². The van der Waals surface area contributed by atoms with Crippen LogP contribution in [-0.4, -0.2) is 60.8 Å². The van der Waals surface area contributed by atoms with Crippen molar-refractivity contribution in [3.8, 4) is 5.75 Å². The van der Waals surface area contributed by atoms with E-state index in [1.807, 2.05) is 11.9 Å². The summed E-state index contributed by atoms with van der Waals surface area (Å²) in [5.74, 6) is 0.624. The number of Topliss-reactive ketones (excluding diaryl/α,β-unsaturated/α-hetero) is 1. The highest BCUT2D eigenvalue weighted by molar-refractivity contribution is 5.94. The fourth-order valence-electron chi connectivity index (χ4n) is 2.86. The van der Waals surface area contributed by atoms with Crippen molar-refractivity contribution in [1.82, 2.24) is 9.80 Å². The van der Waals surface area contributed by atoms with Gasteiger partial charge in [-0.1, -0.05) is 6.92 Å². The molecule has 0 aromatic heterocycles. The van der Waals surface area contributed by atoms with Gasteiger partial charge >= 0.3 is 0 Å². The molecule has 1 aliphatic rings. The van der Waals surface area contributed by atoms with E-state index in [0.29, 0.717) is 17.4 Å². The number of carbonyl (C=O) groups excluding carboxylic acids is 2. The first kappa shape index (κ1) is 17.5. The third-order valence-corrected chi connectivity index (χ3v) is 4.57. The first-order valence-electron chi connectivity index (χ1n) is 8.23. The minimum atomic E-state index is -0.00408. The number of hydrogen-bond acceptors (Lipinski definition) is 4. The molecule has 0 N–H and O–H groups in total. The largest absolute Gasteiger partial charge is 0.484 e. The van der Waals surface area contributed by atoms with Gasteiger partial charge in [0.05, 0.1) is 0 Å². The summed E-state index contributed by atoms with van der Waals surface area (Å²) < 4.78 is 5.54. The monoisotopic (exact) mass is 318 g/mol. The van der Waals surface area contributed by atoms with Crippen molar-refractivity contribution in [2.24, 2.45) is 0 Å². The highest BCUT2D eigenvalue weighted by Crippen LogP contribution is 2.16. The SMILES string of the molecule is CCN1CCC(N(C)C(=O)COc2ccc(C(C)=O)cc2)CC1. The smallest absolute Gasteiger partial charge is 0.260 e. The predicted octanol–water partition coefficient (Wildman–Crippen LogP) is 2.21. The Morgan fingerprint density at radius 2 is 1.83 bits per heavy atom. The summed E-state index contributed by atoms with van der Waals surface area (Å²) in [6.45, 7) is 6.89. The van der Waals surface area contributed by atoms with E-state index in [2.05, 4.69) is 11.8 Å². The van der Waals surface area contributed by atoms with Crippen molar-refractivity contribution in [2.75, 3.05) is 33.3 Å². The molecule has 0 radical (unpaired) electrons. The van der Waals surface area contributed by atoms with Gasteiger partial charge in [-0.25, -0.2) is 0 Å².